The Morgan fingerprint density at radius 3 is 2.41 bits per heavy atom. The van der Waals surface area contributed by atoms with E-state index in [1.807, 2.05) is 49.1 Å². The SMILES string of the molecule is Cc1ccccc1CNC(=O)N1CCN(c2ccccc2OC(C)C)CC1. The fraction of sp³-hybridized carbons (Fsp3) is 0.409. The van der Waals surface area contributed by atoms with Crippen LogP contribution in [0.4, 0.5) is 10.5 Å². The lowest BCUT2D eigenvalue weighted by molar-refractivity contribution is 0.193. The van der Waals surface area contributed by atoms with Gasteiger partial charge in [0, 0.05) is 32.7 Å². The van der Waals surface area contributed by atoms with Crippen LogP contribution < -0.4 is 15.0 Å². The van der Waals surface area contributed by atoms with Gasteiger partial charge in [0.1, 0.15) is 5.75 Å². The summed E-state index contributed by atoms with van der Waals surface area (Å²) in [5, 5.41) is 3.05. The van der Waals surface area contributed by atoms with Crippen molar-refractivity contribution in [1.29, 1.82) is 0 Å². The molecule has 1 saturated heterocycles. The van der Waals surface area contributed by atoms with Crippen molar-refractivity contribution in [1.82, 2.24) is 10.2 Å². The number of nitrogens with one attached hydrogen (secondary N) is 1. The predicted octanol–water partition coefficient (Wildman–Crippen LogP) is 3.81. The Morgan fingerprint density at radius 1 is 1.04 bits per heavy atom. The molecule has 0 bridgehead atoms. The average Bonchev–Trinajstić information content (AvgIpc) is 2.67. The standard InChI is InChI=1S/C22H29N3O2/c1-17(2)27-21-11-7-6-10-20(21)24-12-14-25(15-13-24)22(26)23-16-19-9-5-4-8-18(19)3/h4-11,17H,12-16H2,1-3H3,(H,23,26). The van der Waals surface area contributed by atoms with Crippen molar-refractivity contribution < 1.29 is 9.53 Å². The monoisotopic (exact) mass is 367 g/mol. The summed E-state index contributed by atoms with van der Waals surface area (Å²) in [5.41, 5.74) is 3.46. The van der Waals surface area contributed by atoms with Gasteiger partial charge in [-0.1, -0.05) is 36.4 Å². The number of benzene rings is 2. The number of anilines is 1. The molecule has 5 heteroatoms. The van der Waals surface area contributed by atoms with E-state index in [9.17, 15) is 4.79 Å². The maximum absolute atomic E-state index is 12.5. The van der Waals surface area contributed by atoms with Crippen LogP contribution in [0.15, 0.2) is 48.5 Å². The first-order chi connectivity index (χ1) is 13.0. The molecule has 1 aliphatic heterocycles. The highest BCUT2D eigenvalue weighted by Crippen LogP contribution is 2.29. The number of carbonyl (C=O) groups excluding carboxylic acids is 1. The summed E-state index contributed by atoms with van der Waals surface area (Å²) in [6.45, 7) is 9.71. The summed E-state index contributed by atoms with van der Waals surface area (Å²) in [6, 6.07) is 16.3. The molecular formula is C22H29N3O2. The van der Waals surface area contributed by atoms with Crippen molar-refractivity contribution in [3.63, 3.8) is 0 Å². The average molecular weight is 367 g/mol. The van der Waals surface area contributed by atoms with Crippen molar-refractivity contribution in [2.45, 2.75) is 33.4 Å². The van der Waals surface area contributed by atoms with E-state index < -0.39 is 0 Å². The molecule has 144 valence electrons. The third-order valence-electron chi connectivity index (χ3n) is 4.83. The number of ether oxygens (including phenoxy) is 1. The van der Waals surface area contributed by atoms with E-state index in [0.717, 1.165) is 30.1 Å². The van der Waals surface area contributed by atoms with Gasteiger partial charge in [-0.25, -0.2) is 4.79 Å². The Labute approximate surface area is 161 Å². The van der Waals surface area contributed by atoms with E-state index in [1.54, 1.807) is 0 Å². The Hall–Kier alpha value is -2.69. The zero-order chi connectivity index (χ0) is 19.2. The summed E-state index contributed by atoms with van der Waals surface area (Å²) in [5.74, 6) is 0.907. The van der Waals surface area contributed by atoms with Crippen LogP contribution in [-0.4, -0.2) is 43.2 Å². The van der Waals surface area contributed by atoms with Gasteiger partial charge in [-0.15, -0.1) is 0 Å². The summed E-state index contributed by atoms with van der Waals surface area (Å²) in [7, 11) is 0. The minimum Gasteiger partial charge on any atom is -0.489 e. The minimum atomic E-state index is 0.00428. The number of carbonyl (C=O) groups is 1. The molecule has 0 aliphatic carbocycles. The second-order valence-electron chi connectivity index (χ2n) is 7.19. The molecule has 1 fully saturated rings. The van der Waals surface area contributed by atoms with Gasteiger partial charge >= 0.3 is 6.03 Å². The first-order valence-corrected chi connectivity index (χ1v) is 9.62. The molecule has 5 nitrogen and oxygen atoms in total. The van der Waals surface area contributed by atoms with Crippen molar-refractivity contribution >= 4 is 11.7 Å². The van der Waals surface area contributed by atoms with Gasteiger partial charge in [-0.3, -0.25) is 0 Å². The molecule has 2 aromatic carbocycles. The van der Waals surface area contributed by atoms with Crippen LogP contribution in [0.5, 0.6) is 5.75 Å². The number of urea groups is 1. The van der Waals surface area contributed by atoms with Gasteiger partial charge in [0.15, 0.2) is 0 Å². The van der Waals surface area contributed by atoms with Crippen molar-refractivity contribution in [3.05, 3.63) is 59.7 Å². The molecule has 0 atom stereocenters. The topological polar surface area (TPSA) is 44.8 Å². The number of hydrogen-bond acceptors (Lipinski definition) is 3. The van der Waals surface area contributed by atoms with Crippen LogP contribution in [0.1, 0.15) is 25.0 Å². The quantitative estimate of drug-likeness (QED) is 0.874. The fourth-order valence-electron chi connectivity index (χ4n) is 3.31. The highest BCUT2D eigenvalue weighted by molar-refractivity contribution is 5.74. The van der Waals surface area contributed by atoms with Crippen LogP contribution in [0, 0.1) is 6.92 Å². The van der Waals surface area contributed by atoms with Crippen LogP contribution in [0.2, 0.25) is 0 Å². The maximum atomic E-state index is 12.5. The number of amides is 2. The van der Waals surface area contributed by atoms with Gasteiger partial charge < -0.3 is 19.9 Å². The van der Waals surface area contributed by atoms with Crippen LogP contribution in [0.25, 0.3) is 0 Å². The van der Waals surface area contributed by atoms with Crippen molar-refractivity contribution in [2.24, 2.45) is 0 Å². The molecule has 2 aromatic rings. The molecule has 0 radical (unpaired) electrons. The second-order valence-corrected chi connectivity index (χ2v) is 7.19. The lowest BCUT2D eigenvalue weighted by Crippen LogP contribution is -2.51. The molecule has 0 saturated carbocycles. The first-order valence-electron chi connectivity index (χ1n) is 9.62. The largest absolute Gasteiger partial charge is 0.489 e. The molecule has 2 amide bonds. The van der Waals surface area contributed by atoms with Gasteiger partial charge in [0.05, 0.1) is 11.8 Å². The zero-order valence-electron chi connectivity index (χ0n) is 16.4. The second kappa shape index (κ2) is 8.80. The molecule has 0 spiro atoms. The van der Waals surface area contributed by atoms with Crippen molar-refractivity contribution in [2.75, 3.05) is 31.1 Å². The smallest absolute Gasteiger partial charge is 0.317 e. The number of piperazine rings is 1. The Balaban J connectivity index is 1.54. The van der Waals surface area contributed by atoms with Gasteiger partial charge in [-0.2, -0.15) is 0 Å². The highest BCUT2D eigenvalue weighted by atomic mass is 16.5. The van der Waals surface area contributed by atoms with Gasteiger partial charge in [0.25, 0.3) is 0 Å². The van der Waals surface area contributed by atoms with E-state index in [2.05, 4.69) is 35.3 Å². The molecular weight excluding hydrogens is 338 g/mol. The van der Waals surface area contributed by atoms with E-state index in [-0.39, 0.29) is 12.1 Å². The summed E-state index contributed by atoms with van der Waals surface area (Å²) in [6.07, 6.45) is 0.139. The van der Waals surface area contributed by atoms with Gasteiger partial charge in [-0.05, 0) is 44.0 Å². The lowest BCUT2D eigenvalue weighted by Gasteiger charge is -2.36. The van der Waals surface area contributed by atoms with E-state index in [4.69, 9.17) is 4.74 Å². The normalized spacial score (nSPS) is 14.4. The highest BCUT2D eigenvalue weighted by Gasteiger charge is 2.23. The summed E-state index contributed by atoms with van der Waals surface area (Å²) in [4.78, 5) is 16.7. The Kier molecular flexibility index (Phi) is 6.22. The minimum absolute atomic E-state index is 0.00428. The van der Waals surface area contributed by atoms with E-state index >= 15 is 0 Å². The number of hydrogen-bond donors (Lipinski definition) is 1. The number of rotatable bonds is 5. The van der Waals surface area contributed by atoms with Crippen molar-refractivity contribution in [3.8, 4) is 5.75 Å². The molecule has 27 heavy (non-hydrogen) atoms. The molecule has 0 unspecified atom stereocenters. The summed E-state index contributed by atoms with van der Waals surface area (Å²) >= 11 is 0. The third kappa shape index (κ3) is 4.94. The molecule has 1 aliphatic rings. The molecule has 3 rings (SSSR count). The molecule has 0 aromatic heterocycles. The number of para-hydroxylation sites is 2. The summed E-state index contributed by atoms with van der Waals surface area (Å²) < 4.78 is 5.94. The van der Waals surface area contributed by atoms with Crippen LogP contribution >= 0.6 is 0 Å². The molecule has 1 N–H and O–H groups in total. The maximum Gasteiger partial charge on any atom is 0.317 e. The Morgan fingerprint density at radius 2 is 1.70 bits per heavy atom. The van der Waals surface area contributed by atoms with Gasteiger partial charge in [0.2, 0.25) is 0 Å². The first kappa shape index (κ1) is 19.1. The fourth-order valence-corrected chi connectivity index (χ4v) is 3.31. The predicted molar refractivity (Wildman–Crippen MR) is 109 cm³/mol. The Bertz CT molecular complexity index is 768. The van der Waals surface area contributed by atoms with E-state index in [1.165, 1.54) is 5.56 Å². The molecule has 1 heterocycles. The third-order valence-corrected chi connectivity index (χ3v) is 4.83. The number of aryl methyl sites for hydroxylation is 1. The lowest BCUT2D eigenvalue weighted by atomic mass is 10.1. The zero-order valence-corrected chi connectivity index (χ0v) is 16.4. The van der Waals surface area contributed by atoms with E-state index in [0.29, 0.717) is 19.6 Å². The van der Waals surface area contributed by atoms with Crippen LogP contribution in [-0.2, 0) is 6.54 Å². The number of nitrogens with zero attached hydrogens (tertiary/aromatic N) is 2. The van der Waals surface area contributed by atoms with Crippen LogP contribution in [0.3, 0.4) is 0 Å².